The van der Waals surface area contributed by atoms with E-state index in [0.29, 0.717) is 5.56 Å². The number of hydrogen-bond acceptors (Lipinski definition) is 5. The highest BCUT2D eigenvalue weighted by molar-refractivity contribution is 5.97. The smallest absolute Gasteiger partial charge is 0.262 e. The van der Waals surface area contributed by atoms with Gasteiger partial charge < -0.3 is 15.2 Å². The van der Waals surface area contributed by atoms with Gasteiger partial charge in [0.2, 0.25) is 0 Å². The number of carbonyl (C=O) groups excluding carboxylic acids is 2. The SMILES string of the molecule is COc1cc(C=NNC(=O)C(NC(=O)c2ccc(F)cc2)C(C)C)ccc1O. The number of rotatable bonds is 7. The van der Waals surface area contributed by atoms with Crippen LogP contribution in [0.1, 0.15) is 29.8 Å². The summed E-state index contributed by atoms with van der Waals surface area (Å²) in [5.41, 5.74) is 3.24. The van der Waals surface area contributed by atoms with E-state index < -0.39 is 23.7 Å². The zero-order valence-electron chi connectivity index (χ0n) is 15.8. The van der Waals surface area contributed by atoms with Crippen LogP contribution in [0.25, 0.3) is 0 Å². The zero-order chi connectivity index (χ0) is 20.7. The Hall–Kier alpha value is -3.42. The Bertz CT molecular complexity index is 866. The van der Waals surface area contributed by atoms with Crippen LogP contribution in [0.5, 0.6) is 11.5 Å². The van der Waals surface area contributed by atoms with Gasteiger partial charge in [-0.3, -0.25) is 9.59 Å². The number of aromatic hydroxyl groups is 1. The van der Waals surface area contributed by atoms with Crippen molar-refractivity contribution < 1.29 is 23.8 Å². The molecule has 28 heavy (non-hydrogen) atoms. The molecule has 0 saturated heterocycles. The molecule has 0 aliphatic rings. The molecular weight excluding hydrogens is 365 g/mol. The molecule has 2 aromatic rings. The van der Waals surface area contributed by atoms with Gasteiger partial charge in [-0.05, 0) is 53.9 Å². The molecule has 0 fully saturated rings. The van der Waals surface area contributed by atoms with Gasteiger partial charge in [-0.1, -0.05) is 13.8 Å². The third-order valence-electron chi connectivity index (χ3n) is 3.93. The monoisotopic (exact) mass is 387 g/mol. The van der Waals surface area contributed by atoms with Crippen LogP contribution in [0.15, 0.2) is 47.6 Å². The van der Waals surface area contributed by atoms with Crippen molar-refractivity contribution in [3.05, 3.63) is 59.4 Å². The summed E-state index contributed by atoms with van der Waals surface area (Å²) in [5.74, 6) is -1.36. The Morgan fingerprint density at radius 1 is 1.18 bits per heavy atom. The predicted molar refractivity (Wildman–Crippen MR) is 103 cm³/mol. The second-order valence-electron chi connectivity index (χ2n) is 6.37. The fourth-order valence-electron chi connectivity index (χ4n) is 2.38. The Kier molecular flexibility index (Phi) is 7.08. The molecule has 0 saturated carbocycles. The van der Waals surface area contributed by atoms with Crippen molar-refractivity contribution in [2.24, 2.45) is 11.0 Å². The summed E-state index contributed by atoms with van der Waals surface area (Å²) in [7, 11) is 1.43. The number of hydrogen-bond donors (Lipinski definition) is 3. The number of ether oxygens (including phenoxy) is 1. The number of nitrogens with one attached hydrogen (secondary N) is 2. The zero-order valence-corrected chi connectivity index (χ0v) is 15.8. The molecule has 3 N–H and O–H groups in total. The number of carbonyl (C=O) groups is 2. The number of halogens is 1. The quantitative estimate of drug-likeness (QED) is 0.502. The van der Waals surface area contributed by atoms with E-state index in [1.165, 1.54) is 43.7 Å². The number of phenolic OH excluding ortho intramolecular Hbond substituents is 1. The van der Waals surface area contributed by atoms with Crippen molar-refractivity contribution >= 4 is 18.0 Å². The number of benzene rings is 2. The van der Waals surface area contributed by atoms with Gasteiger partial charge in [-0.15, -0.1) is 0 Å². The molecule has 0 radical (unpaired) electrons. The van der Waals surface area contributed by atoms with Gasteiger partial charge in [0.25, 0.3) is 11.8 Å². The van der Waals surface area contributed by atoms with E-state index in [2.05, 4.69) is 15.8 Å². The number of nitrogens with zero attached hydrogens (tertiary/aromatic N) is 1. The van der Waals surface area contributed by atoms with Gasteiger partial charge in [0, 0.05) is 5.56 Å². The van der Waals surface area contributed by atoms with Crippen molar-refractivity contribution in [2.75, 3.05) is 7.11 Å². The molecule has 1 atom stereocenters. The molecule has 2 amide bonds. The van der Waals surface area contributed by atoms with Crippen LogP contribution in [0.2, 0.25) is 0 Å². The number of hydrazone groups is 1. The molecule has 0 aromatic heterocycles. The Labute approximate surface area is 162 Å². The molecule has 8 heteroatoms. The largest absolute Gasteiger partial charge is 0.504 e. The van der Waals surface area contributed by atoms with Crippen molar-refractivity contribution in [1.29, 1.82) is 0 Å². The number of amides is 2. The maximum absolute atomic E-state index is 13.0. The molecule has 2 rings (SSSR count). The summed E-state index contributed by atoms with van der Waals surface area (Å²) in [5, 5.41) is 16.1. The highest BCUT2D eigenvalue weighted by atomic mass is 19.1. The number of methoxy groups -OCH3 is 1. The molecule has 2 aromatic carbocycles. The minimum Gasteiger partial charge on any atom is -0.504 e. The minimum absolute atomic E-state index is 0.00735. The van der Waals surface area contributed by atoms with Gasteiger partial charge in [-0.2, -0.15) is 5.10 Å². The van der Waals surface area contributed by atoms with Gasteiger partial charge in [0.1, 0.15) is 11.9 Å². The van der Waals surface area contributed by atoms with Crippen molar-refractivity contribution in [3.63, 3.8) is 0 Å². The lowest BCUT2D eigenvalue weighted by molar-refractivity contribution is -0.123. The van der Waals surface area contributed by atoms with E-state index in [9.17, 15) is 19.1 Å². The second kappa shape index (κ2) is 9.50. The first-order valence-electron chi connectivity index (χ1n) is 8.58. The van der Waals surface area contributed by atoms with Gasteiger partial charge in [0.15, 0.2) is 11.5 Å². The van der Waals surface area contributed by atoms with Crippen LogP contribution in [0.4, 0.5) is 4.39 Å². The summed E-state index contributed by atoms with van der Waals surface area (Å²) in [4.78, 5) is 24.7. The topological polar surface area (TPSA) is 100 Å². The van der Waals surface area contributed by atoms with Crippen LogP contribution < -0.4 is 15.5 Å². The molecule has 0 aliphatic carbocycles. The lowest BCUT2D eigenvalue weighted by atomic mass is 10.0. The summed E-state index contributed by atoms with van der Waals surface area (Å²) < 4.78 is 18.0. The van der Waals surface area contributed by atoms with E-state index >= 15 is 0 Å². The van der Waals surface area contributed by atoms with E-state index in [1.807, 2.05) is 0 Å². The lowest BCUT2D eigenvalue weighted by Crippen LogP contribution is -2.48. The lowest BCUT2D eigenvalue weighted by Gasteiger charge is -2.20. The van der Waals surface area contributed by atoms with Crippen molar-refractivity contribution in [3.8, 4) is 11.5 Å². The molecule has 0 heterocycles. The Morgan fingerprint density at radius 2 is 1.86 bits per heavy atom. The third-order valence-corrected chi connectivity index (χ3v) is 3.93. The second-order valence-corrected chi connectivity index (χ2v) is 6.37. The Morgan fingerprint density at radius 3 is 2.46 bits per heavy atom. The molecular formula is C20H22FN3O4. The minimum atomic E-state index is -0.830. The van der Waals surface area contributed by atoms with Crippen LogP contribution in [0, 0.1) is 11.7 Å². The first kappa shape index (κ1) is 20.9. The number of phenols is 1. The average Bonchev–Trinajstić information content (AvgIpc) is 2.67. The normalized spacial score (nSPS) is 12.0. The van der Waals surface area contributed by atoms with Crippen LogP contribution >= 0.6 is 0 Å². The molecule has 0 spiro atoms. The van der Waals surface area contributed by atoms with E-state index in [1.54, 1.807) is 26.0 Å². The first-order chi connectivity index (χ1) is 13.3. The van der Waals surface area contributed by atoms with Crippen molar-refractivity contribution in [1.82, 2.24) is 10.7 Å². The van der Waals surface area contributed by atoms with Crippen LogP contribution in [-0.4, -0.2) is 36.3 Å². The van der Waals surface area contributed by atoms with Crippen molar-refractivity contribution in [2.45, 2.75) is 19.9 Å². The third kappa shape index (κ3) is 5.54. The van der Waals surface area contributed by atoms with Gasteiger partial charge in [0.05, 0.1) is 13.3 Å². The standard InChI is InChI=1S/C20H22FN3O4/c1-12(2)18(23-19(26)14-5-7-15(21)8-6-14)20(27)24-22-11-13-4-9-16(25)17(10-13)28-3/h4-12,18,25H,1-3H3,(H,23,26)(H,24,27). The predicted octanol–water partition coefficient (Wildman–Crippen LogP) is 2.44. The fraction of sp³-hybridized carbons (Fsp3) is 0.250. The Balaban J connectivity index is 2.02. The summed E-state index contributed by atoms with van der Waals surface area (Å²) >= 11 is 0. The van der Waals surface area contributed by atoms with E-state index in [-0.39, 0.29) is 23.0 Å². The van der Waals surface area contributed by atoms with E-state index in [4.69, 9.17) is 4.74 Å². The molecule has 1 unspecified atom stereocenters. The average molecular weight is 387 g/mol. The summed E-state index contributed by atoms with van der Waals surface area (Å²) in [6, 6.07) is 8.81. The molecule has 0 bridgehead atoms. The molecule has 148 valence electrons. The van der Waals surface area contributed by atoms with Crippen LogP contribution in [0.3, 0.4) is 0 Å². The first-order valence-corrected chi connectivity index (χ1v) is 8.58. The molecule has 0 aliphatic heterocycles. The molecule has 7 nitrogen and oxygen atoms in total. The maximum atomic E-state index is 13.0. The fourth-order valence-corrected chi connectivity index (χ4v) is 2.38. The highest BCUT2D eigenvalue weighted by Crippen LogP contribution is 2.25. The highest BCUT2D eigenvalue weighted by Gasteiger charge is 2.24. The van der Waals surface area contributed by atoms with E-state index in [0.717, 1.165) is 0 Å². The van der Waals surface area contributed by atoms with Crippen LogP contribution in [-0.2, 0) is 4.79 Å². The summed E-state index contributed by atoms with van der Waals surface area (Å²) in [6.45, 7) is 3.56. The summed E-state index contributed by atoms with van der Waals surface area (Å²) in [6.07, 6.45) is 1.39. The van der Waals surface area contributed by atoms with Gasteiger partial charge >= 0.3 is 0 Å². The van der Waals surface area contributed by atoms with Gasteiger partial charge in [-0.25, -0.2) is 9.82 Å². The maximum Gasteiger partial charge on any atom is 0.262 e.